The van der Waals surface area contributed by atoms with Crippen molar-refractivity contribution in [2.75, 3.05) is 17.2 Å². The summed E-state index contributed by atoms with van der Waals surface area (Å²) in [4.78, 5) is 28.5. The Kier molecular flexibility index (Phi) is 3.78. The fourth-order valence-electron chi connectivity index (χ4n) is 1.89. The van der Waals surface area contributed by atoms with Crippen molar-refractivity contribution in [3.63, 3.8) is 0 Å². The van der Waals surface area contributed by atoms with Gasteiger partial charge in [-0.15, -0.1) is 0 Å². The Morgan fingerprint density at radius 2 is 2.47 bits per heavy atom. The van der Waals surface area contributed by atoms with Gasteiger partial charge in [-0.3, -0.25) is 14.6 Å². The van der Waals surface area contributed by atoms with Crippen molar-refractivity contribution in [1.29, 1.82) is 0 Å². The van der Waals surface area contributed by atoms with Gasteiger partial charge in [0.15, 0.2) is 5.12 Å². The summed E-state index contributed by atoms with van der Waals surface area (Å²) in [6.45, 7) is 2.24. The van der Waals surface area contributed by atoms with Crippen LogP contribution in [0.4, 0.5) is 5.69 Å². The van der Waals surface area contributed by atoms with Crippen LogP contribution in [0.5, 0.6) is 0 Å². The minimum Gasteiger partial charge on any atom is -0.311 e. The summed E-state index contributed by atoms with van der Waals surface area (Å²) in [6.07, 6.45) is 3.90. The molecule has 1 aromatic rings. The number of amides is 1. The van der Waals surface area contributed by atoms with Crippen LogP contribution in [0.15, 0.2) is 24.5 Å². The first kappa shape index (κ1) is 12.1. The third-order valence-electron chi connectivity index (χ3n) is 2.69. The first-order valence-electron chi connectivity index (χ1n) is 5.50. The van der Waals surface area contributed by atoms with Crippen molar-refractivity contribution in [3.8, 4) is 0 Å². The predicted molar refractivity (Wildman–Crippen MR) is 67.8 cm³/mol. The summed E-state index contributed by atoms with van der Waals surface area (Å²) in [5, 5.41) is 0.109. The van der Waals surface area contributed by atoms with E-state index in [0.29, 0.717) is 13.0 Å². The Morgan fingerprint density at radius 3 is 3.12 bits per heavy atom. The van der Waals surface area contributed by atoms with E-state index in [9.17, 15) is 9.59 Å². The van der Waals surface area contributed by atoms with Crippen molar-refractivity contribution in [1.82, 2.24) is 4.98 Å². The van der Waals surface area contributed by atoms with E-state index in [1.54, 1.807) is 24.2 Å². The standard InChI is InChI=1S/C12H14N2O2S/c1-9(15)17-8-10-5-12(16)14(7-10)11-3-2-4-13-6-11/h2-4,6,10H,5,7-8H2,1H3. The van der Waals surface area contributed by atoms with Crippen LogP contribution in [0.2, 0.25) is 0 Å². The van der Waals surface area contributed by atoms with Crippen molar-refractivity contribution in [3.05, 3.63) is 24.5 Å². The molecule has 0 N–H and O–H groups in total. The van der Waals surface area contributed by atoms with Crippen LogP contribution in [0, 0.1) is 5.92 Å². The minimum absolute atomic E-state index is 0.109. The zero-order chi connectivity index (χ0) is 12.3. The van der Waals surface area contributed by atoms with E-state index < -0.39 is 0 Å². The molecule has 1 fully saturated rings. The zero-order valence-electron chi connectivity index (χ0n) is 9.63. The Balaban J connectivity index is 1.98. The largest absolute Gasteiger partial charge is 0.311 e. The summed E-state index contributed by atoms with van der Waals surface area (Å²) < 4.78 is 0. The molecule has 0 aromatic carbocycles. The molecule has 17 heavy (non-hydrogen) atoms. The van der Waals surface area contributed by atoms with Crippen molar-refractivity contribution in [2.45, 2.75) is 13.3 Å². The molecule has 1 aliphatic heterocycles. The first-order valence-corrected chi connectivity index (χ1v) is 6.49. The van der Waals surface area contributed by atoms with E-state index in [0.717, 1.165) is 11.4 Å². The fourth-order valence-corrected chi connectivity index (χ4v) is 2.59. The van der Waals surface area contributed by atoms with Crippen LogP contribution < -0.4 is 4.90 Å². The normalized spacial score (nSPS) is 19.7. The maximum Gasteiger partial charge on any atom is 0.227 e. The highest BCUT2D eigenvalue weighted by molar-refractivity contribution is 8.13. The summed E-state index contributed by atoms with van der Waals surface area (Å²) in [5.41, 5.74) is 0.841. The molecule has 1 aromatic heterocycles. The van der Waals surface area contributed by atoms with E-state index in [2.05, 4.69) is 4.98 Å². The molecule has 0 radical (unpaired) electrons. The van der Waals surface area contributed by atoms with Gasteiger partial charge >= 0.3 is 0 Å². The van der Waals surface area contributed by atoms with Gasteiger partial charge < -0.3 is 4.90 Å². The van der Waals surface area contributed by atoms with E-state index in [-0.39, 0.29) is 16.9 Å². The second-order valence-electron chi connectivity index (χ2n) is 4.09. The van der Waals surface area contributed by atoms with Gasteiger partial charge in [0, 0.05) is 31.8 Å². The number of thioether (sulfide) groups is 1. The molecule has 1 unspecified atom stereocenters. The third-order valence-corrected chi connectivity index (χ3v) is 3.73. The quantitative estimate of drug-likeness (QED) is 0.819. The van der Waals surface area contributed by atoms with Crippen LogP contribution in [-0.4, -0.2) is 28.3 Å². The second-order valence-corrected chi connectivity index (χ2v) is 5.29. The average Bonchev–Trinajstić information content (AvgIpc) is 2.69. The van der Waals surface area contributed by atoms with Gasteiger partial charge in [-0.05, 0) is 18.1 Å². The predicted octanol–water partition coefficient (Wildman–Crippen LogP) is 1.71. The van der Waals surface area contributed by atoms with Crippen LogP contribution >= 0.6 is 11.8 Å². The van der Waals surface area contributed by atoms with Crippen LogP contribution in [-0.2, 0) is 9.59 Å². The Hall–Kier alpha value is -1.36. The number of nitrogens with zero attached hydrogens (tertiary/aromatic N) is 2. The molecule has 1 aliphatic rings. The molecule has 0 bridgehead atoms. The Morgan fingerprint density at radius 1 is 1.65 bits per heavy atom. The lowest BCUT2D eigenvalue weighted by molar-refractivity contribution is -0.117. The highest BCUT2D eigenvalue weighted by Crippen LogP contribution is 2.26. The number of rotatable bonds is 3. The number of hydrogen-bond acceptors (Lipinski definition) is 4. The van der Waals surface area contributed by atoms with Crippen molar-refractivity contribution in [2.24, 2.45) is 5.92 Å². The molecule has 0 saturated carbocycles. The van der Waals surface area contributed by atoms with Gasteiger partial charge in [-0.1, -0.05) is 11.8 Å². The molecule has 1 amide bonds. The smallest absolute Gasteiger partial charge is 0.227 e. The number of anilines is 1. The van der Waals surface area contributed by atoms with Gasteiger partial charge in [0.25, 0.3) is 0 Å². The van der Waals surface area contributed by atoms with Crippen LogP contribution in [0.25, 0.3) is 0 Å². The fraction of sp³-hybridized carbons (Fsp3) is 0.417. The molecule has 90 valence electrons. The molecule has 0 aliphatic carbocycles. The number of carbonyl (C=O) groups excluding carboxylic acids is 2. The number of carbonyl (C=O) groups is 2. The van der Waals surface area contributed by atoms with E-state index in [1.165, 1.54) is 11.8 Å². The monoisotopic (exact) mass is 250 g/mol. The van der Waals surface area contributed by atoms with Crippen molar-refractivity contribution < 1.29 is 9.59 Å². The minimum atomic E-state index is 0.109. The molecule has 5 heteroatoms. The Labute approximate surface area is 104 Å². The molecule has 4 nitrogen and oxygen atoms in total. The number of pyridine rings is 1. The first-order chi connectivity index (χ1) is 8.16. The van der Waals surface area contributed by atoms with Gasteiger partial charge in [0.05, 0.1) is 11.9 Å². The lowest BCUT2D eigenvalue weighted by atomic mass is 10.1. The van der Waals surface area contributed by atoms with E-state index in [1.807, 2.05) is 12.1 Å². The number of hydrogen-bond donors (Lipinski definition) is 0. The lowest BCUT2D eigenvalue weighted by Crippen LogP contribution is -2.24. The molecule has 1 atom stereocenters. The van der Waals surface area contributed by atoms with Crippen LogP contribution in [0.1, 0.15) is 13.3 Å². The molecular weight excluding hydrogens is 236 g/mol. The van der Waals surface area contributed by atoms with Gasteiger partial charge in [0.2, 0.25) is 5.91 Å². The Bertz CT molecular complexity index is 422. The number of aromatic nitrogens is 1. The average molecular weight is 250 g/mol. The van der Waals surface area contributed by atoms with Gasteiger partial charge in [0.1, 0.15) is 0 Å². The van der Waals surface area contributed by atoms with E-state index >= 15 is 0 Å². The summed E-state index contributed by atoms with van der Waals surface area (Å²) >= 11 is 1.29. The maximum atomic E-state index is 11.8. The molecule has 2 rings (SSSR count). The summed E-state index contributed by atoms with van der Waals surface area (Å²) in [6, 6.07) is 3.70. The third kappa shape index (κ3) is 3.06. The molecule has 1 saturated heterocycles. The summed E-state index contributed by atoms with van der Waals surface area (Å²) in [5.74, 6) is 1.10. The lowest BCUT2D eigenvalue weighted by Gasteiger charge is -2.15. The summed E-state index contributed by atoms with van der Waals surface area (Å²) in [7, 11) is 0. The maximum absolute atomic E-state index is 11.8. The zero-order valence-corrected chi connectivity index (χ0v) is 10.4. The second kappa shape index (κ2) is 5.31. The molecule has 2 heterocycles. The van der Waals surface area contributed by atoms with Crippen LogP contribution in [0.3, 0.4) is 0 Å². The molecule has 0 spiro atoms. The van der Waals surface area contributed by atoms with Crippen molar-refractivity contribution >= 4 is 28.5 Å². The topological polar surface area (TPSA) is 50.3 Å². The van der Waals surface area contributed by atoms with Gasteiger partial charge in [-0.2, -0.15) is 0 Å². The van der Waals surface area contributed by atoms with E-state index in [4.69, 9.17) is 0 Å². The highest BCUT2D eigenvalue weighted by atomic mass is 32.2. The highest BCUT2D eigenvalue weighted by Gasteiger charge is 2.30. The molecular formula is C12H14N2O2S. The SMILES string of the molecule is CC(=O)SCC1CC(=O)N(c2cccnc2)C1. The van der Waals surface area contributed by atoms with Gasteiger partial charge in [-0.25, -0.2) is 0 Å².